The molecule has 0 aromatic heterocycles. The average Bonchev–Trinajstić information content (AvgIpc) is 2.92. The van der Waals surface area contributed by atoms with Crippen LogP contribution in [0.25, 0.3) is 0 Å². The lowest BCUT2D eigenvalue weighted by Crippen LogP contribution is -2.66. The van der Waals surface area contributed by atoms with Crippen molar-refractivity contribution in [3.8, 4) is 0 Å². The molecule has 0 saturated carbocycles. The highest BCUT2D eigenvalue weighted by atomic mass is 19.4. The monoisotopic (exact) mass is 562 g/mol. The van der Waals surface area contributed by atoms with Crippen LogP contribution in [0.1, 0.15) is 47.4 Å². The first kappa shape index (κ1) is 30.8. The van der Waals surface area contributed by atoms with Gasteiger partial charge in [-0.2, -0.15) is 13.2 Å². The third-order valence-corrected chi connectivity index (χ3v) is 7.36. The number of nitrogens with one attached hydrogen (secondary N) is 1. The number of halogens is 3. The zero-order chi connectivity index (χ0) is 29.5. The molecule has 1 N–H and O–H groups in total. The quantitative estimate of drug-likeness (QED) is 0.301. The number of ketones is 1. The number of quaternary nitrogens is 1. The summed E-state index contributed by atoms with van der Waals surface area (Å²) in [4.78, 5) is 47.5. The van der Waals surface area contributed by atoms with Crippen LogP contribution in [0.2, 0.25) is 0 Å². The molecule has 0 spiro atoms. The van der Waals surface area contributed by atoms with Gasteiger partial charge in [-0.25, -0.2) is 4.79 Å². The lowest BCUT2D eigenvalue weighted by atomic mass is 9.82. The van der Waals surface area contributed by atoms with E-state index in [-0.39, 0.29) is 29.7 Å². The number of esters is 1. The molecule has 3 saturated heterocycles. The number of ether oxygens (including phenoxy) is 1. The summed E-state index contributed by atoms with van der Waals surface area (Å²) in [7, 11) is 0. The number of carbonyl (C=O) groups excluding carboxylic acids is 4. The van der Waals surface area contributed by atoms with Gasteiger partial charge in [-0.05, 0) is 18.1 Å². The normalized spacial score (nSPS) is 22.4. The number of alkyl halides is 3. The standard InChI is InChI=1S/C27H32N2O4.C2HF3O2/c1-19(2)25(28-26(31)22-11-7-4-8-12-22)27(32)33-24-18-29(15-13-21(24)14-16-29)17-23(30)20-9-5-3-6-10-20;3-2(4,5)1(6)7/h3-12,19,21,24-25H,13-18H2,1-2H3;(H,6,7)/t21?,24-,25?,29?;/m0./s1. The minimum absolute atomic E-state index is 0.103. The highest BCUT2D eigenvalue weighted by Gasteiger charge is 2.49. The largest absolute Gasteiger partial charge is 0.542 e. The number of carboxylic acids is 1. The van der Waals surface area contributed by atoms with Gasteiger partial charge in [0.05, 0.1) is 13.1 Å². The minimum Gasteiger partial charge on any atom is -0.542 e. The fraction of sp³-hybridized carbons (Fsp3) is 0.448. The van der Waals surface area contributed by atoms with Crippen molar-refractivity contribution in [3.05, 3.63) is 71.8 Å². The van der Waals surface area contributed by atoms with Crippen molar-refractivity contribution >= 4 is 23.6 Å². The number of hydrogen-bond acceptors (Lipinski definition) is 6. The van der Waals surface area contributed by atoms with Crippen LogP contribution >= 0.6 is 0 Å². The van der Waals surface area contributed by atoms with Crippen molar-refractivity contribution in [1.82, 2.24) is 5.32 Å². The Balaban J connectivity index is 0.000000559. The highest BCUT2D eigenvalue weighted by Crippen LogP contribution is 2.36. The number of amides is 1. The second kappa shape index (κ2) is 13.1. The Morgan fingerprint density at radius 2 is 1.45 bits per heavy atom. The smallest absolute Gasteiger partial charge is 0.430 e. The van der Waals surface area contributed by atoms with E-state index >= 15 is 0 Å². The number of aliphatic carboxylic acids is 1. The highest BCUT2D eigenvalue weighted by molar-refractivity contribution is 5.97. The van der Waals surface area contributed by atoms with Crippen LogP contribution in [0.15, 0.2) is 60.7 Å². The Bertz CT molecular complexity index is 1180. The van der Waals surface area contributed by atoms with Crippen molar-refractivity contribution in [2.75, 3.05) is 26.2 Å². The van der Waals surface area contributed by atoms with Crippen LogP contribution in [0.4, 0.5) is 13.2 Å². The number of piperidine rings is 3. The summed E-state index contributed by atoms with van der Waals surface area (Å²) in [5.41, 5.74) is 1.25. The van der Waals surface area contributed by atoms with Gasteiger partial charge in [0.25, 0.3) is 5.91 Å². The van der Waals surface area contributed by atoms with E-state index < -0.39 is 18.2 Å². The fourth-order valence-electron chi connectivity index (χ4n) is 5.13. The molecule has 8 nitrogen and oxygen atoms in total. The molecule has 40 heavy (non-hydrogen) atoms. The first-order valence-electron chi connectivity index (χ1n) is 13.1. The molecule has 1 amide bonds. The van der Waals surface area contributed by atoms with Crippen LogP contribution in [0.3, 0.4) is 0 Å². The van der Waals surface area contributed by atoms with E-state index in [1.54, 1.807) is 24.3 Å². The van der Waals surface area contributed by atoms with Gasteiger partial charge in [0, 0.05) is 29.9 Å². The predicted octanol–water partition coefficient (Wildman–Crippen LogP) is 2.77. The van der Waals surface area contributed by atoms with Crippen molar-refractivity contribution in [2.45, 2.75) is 45.0 Å². The van der Waals surface area contributed by atoms with Crippen LogP contribution in [-0.2, 0) is 14.3 Å². The molecule has 3 aliphatic rings. The molecule has 11 heteroatoms. The molecule has 0 radical (unpaired) electrons. The second-order valence-electron chi connectivity index (χ2n) is 10.6. The first-order valence-corrected chi connectivity index (χ1v) is 13.1. The van der Waals surface area contributed by atoms with Gasteiger partial charge < -0.3 is 24.4 Å². The molecule has 2 aromatic carbocycles. The summed E-state index contributed by atoms with van der Waals surface area (Å²) >= 11 is 0. The number of Topliss-reactive ketones (excluding diaryl/α,β-unsaturated/α-hetero) is 1. The second-order valence-corrected chi connectivity index (χ2v) is 10.6. The van der Waals surface area contributed by atoms with Crippen molar-refractivity contribution < 1.29 is 46.7 Å². The lowest BCUT2D eigenvalue weighted by Gasteiger charge is -2.51. The molecular formula is C29H33F3N2O6. The third kappa shape index (κ3) is 8.14. The molecule has 1 unspecified atom stereocenters. The van der Waals surface area contributed by atoms with Crippen molar-refractivity contribution in [1.29, 1.82) is 0 Å². The molecule has 2 atom stereocenters. The SMILES string of the molecule is CC(C)C(NC(=O)c1ccccc1)C(=O)O[C@H]1C[N+]2(CC(=O)c3ccccc3)CCC1CC2.O=C([O-])C(F)(F)F. The Hall–Kier alpha value is -3.73. The predicted molar refractivity (Wildman–Crippen MR) is 137 cm³/mol. The van der Waals surface area contributed by atoms with Gasteiger partial charge >= 0.3 is 12.1 Å². The molecule has 2 aromatic rings. The number of rotatable bonds is 8. The maximum atomic E-state index is 13.1. The minimum atomic E-state index is -5.19. The fourth-order valence-corrected chi connectivity index (χ4v) is 5.13. The van der Waals surface area contributed by atoms with E-state index in [1.807, 2.05) is 50.2 Å². The van der Waals surface area contributed by atoms with Crippen LogP contribution in [0, 0.1) is 11.8 Å². The summed E-state index contributed by atoms with van der Waals surface area (Å²) in [6.45, 7) is 6.78. The Kier molecular flexibility index (Phi) is 10.1. The first-order chi connectivity index (χ1) is 18.8. The summed E-state index contributed by atoms with van der Waals surface area (Å²) < 4.78 is 38.2. The van der Waals surface area contributed by atoms with Gasteiger partial charge in [-0.1, -0.05) is 62.4 Å². The average molecular weight is 563 g/mol. The summed E-state index contributed by atoms with van der Waals surface area (Å²) in [6, 6.07) is 17.6. The van der Waals surface area contributed by atoms with Gasteiger partial charge in [0.15, 0.2) is 6.10 Å². The molecule has 3 aliphatic heterocycles. The van der Waals surface area contributed by atoms with E-state index in [0.29, 0.717) is 29.1 Å². The van der Waals surface area contributed by atoms with E-state index in [4.69, 9.17) is 14.6 Å². The molecule has 3 fully saturated rings. The van der Waals surface area contributed by atoms with Gasteiger partial charge in [-0.15, -0.1) is 0 Å². The zero-order valence-electron chi connectivity index (χ0n) is 22.4. The summed E-state index contributed by atoms with van der Waals surface area (Å²) in [5, 5.41) is 11.6. The number of hydrogen-bond donors (Lipinski definition) is 1. The molecule has 216 valence electrons. The van der Waals surface area contributed by atoms with E-state index in [2.05, 4.69) is 5.32 Å². The Morgan fingerprint density at radius 3 is 1.93 bits per heavy atom. The van der Waals surface area contributed by atoms with E-state index in [9.17, 15) is 27.6 Å². The maximum Gasteiger partial charge on any atom is 0.430 e. The number of benzene rings is 2. The van der Waals surface area contributed by atoms with Crippen LogP contribution in [0.5, 0.6) is 0 Å². The molecule has 0 aliphatic carbocycles. The van der Waals surface area contributed by atoms with Crippen LogP contribution < -0.4 is 10.4 Å². The van der Waals surface area contributed by atoms with Gasteiger partial charge in [0.1, 0.15) is 25.1 Å². The third-order valence-electron chi connectivity index (χ3n) is 7.36. The molecular weight excluding hydrogens is 529 g/mol. The number of nitrogens with zero attached hydrogens (tertiary/aromatic N) is 1. The number of carboxylic acid groups (broad SMARTS) is 1. The maximum absolute atomic E-state index is 13.1. The van der Waals surface area contributed by atoms with Crippen molar-refractivity contribution in [2.24, 2.45) is 11.8 Å². The molecule has 5 rings (SSSR count). The Morgan fingerprint density at radius 1 is 0.950 bits per heavy atom. The summed E-state index contributed by atoms with van der Waals surface area (Å²) in [6.07, 6.45) is -3.52. The van der Waals surface area contributed by atoms with E-state index in [1.165, 1.54) is 0 Å². The van der Waals surface area contributed by atoms with Crippen LogP contribution in [-0.4, -0.2) is 72.6 Å². The zero-order valence-corrected chi connectivity index (χ0v) is 22.4. The van der Waals surface area contributed by atoms with Crippen molar-refractivity contribution in [3.63, 3.8) is 0 Å². The lowest BCUT2D eigenvalue weighted by molar-refractivity contribution is -0.938. The van der Waals surface area contributed by atoms with E-state index in [0.717, 1.165) is 31.5 Å². The number of carbonyl (C=O) groups is 4. The Labute approximate surface area is 230 Å². The van der Waals surface area contributed by atoms with Gasteiger partial charge in [-0.3, -0.25) is 9.59 Å². The molecule has 3 heterocycles. The van der Waals surface area contributed by atoms with Gasteiger partial charge in [0.2, 0.25) is 5.78 Å². The summed E-state index contributed by atoms with van der Waals surface area (Å²) in [5.74, 6) is -3.33. The molecule has 2 bridgehead atoms. The topological polar surface area (TPSA) is 113 Å². The number of fused-ring (bicyclic) bond motifs is 3.